The van der Waals surface area contributed by atoms with E-state index >= 15 is 0 Å². The van der Waals surface area contributed by atoms with Crippen molar-refractivity contribution in [3.63, 3.8) is 0 Å². The van der Waals surface area contributed by atoms with Crippen LogP contribution >= 0.6 is 0 Å². The third kappa shape index (κ3) is 5.80. The summed E-state index contributed by atoms with van der Waals surface area (Å²) in [6, 6.07) is 9.35. The number of benzene rings is 1. The molecule has 0 spiro atoms. The van der Waals surface area contributed by atoms with Gasteiger partial charge in [-0.1, -0.05) is 12.1 Å². The molecule has 23 heavy (non-hydrogen) atoms. The standard InChI is InChI=1S/C17H29O4SSi/c1-18-23(19-2,20-3)14-6-11-21-17-9-7-16(8-10-17)15-22-12-4-5-13-22/h7-10H,4-6,11-15H2,1-3H3/q+1. The Morgan fingerprint density at radius 2 is 1.57 bits per heavy atom. The minimum absolute atomic E-state index is 0.617. The van der Waals surface area contributed by atoms with Gasteiger partial charge >= 0.3 is 8.80 Å². The molecule has 6 heteroatoms. The number of hydrogen-bond donors (Lipinski definition) is 0. The summed E-state index contributed by atoms with van der Waals surface area (Å²) in [4.78, 5) is 0. The van der Waals surface area contributed by atoms with Crippen LogP contribution in [0.3, 0.4) is 0 Å². The Bertz CT molecular complexity index is 436. The zero-order valence-corrected chi connectivity index (χ0v) is 16.3. The molecule has 1 aromatic rings. The average molecular weight is 358 g/mol. The lowest BCUT2D eigenvalue weighted by Crippen LogP contribution is -2.42. The molecule has 1 aliphatic rings. The minimum Gasteiger partial charge on any atom is -0.494 e. The van der Waals surface area contributed by atoms with Crippen molar-refractivity contribution >= 4 is 19.7 Å². The Kier molecular flexibility index (Phi) is 7.92. The van der Waals surface area contributed by atoms with Crippen LogP contribution in [0.1, 0.15) is 24.8 Å². The van der Waals surface area contributed by atoms with Gasteiger partial charge in [0.15, 0.2) is 0 Å². The summed E-state index contributed by atoms with van der Waals surface area (Å²) in [6.45, 7) is 0.647. The molecular weight excluding hydrogens is 328 g/mol. The van der Waals surface area contributed by atoms with E-state index in [1.807, 2.05) is 0 Å². The molecule has 1 heterocycles. The first-order valence-corrected chi connectivity index (χ1v) is 11.9. The Labute approximate surface area is 144 Å². The summed E-state index contributed by atoms with van der Waals surface area (Å²) < 4.78 is 22.0. The highest BCUT2D eigenvalue weighted by atomic mass is 32.2. The van der Waals surface area contributed by atoms with E-state index in [-0.39, 0.29) is 0 Å². The molecule has 1 saturated heterocycles. The highest BCUT2D eigenvalue weighted by molar-refractivity contribution is 7.96. The van der Waals surface area contributed by atoms with Gasteiger partial charge in [0, 0.05) is 32.9 Å². The molecule has 0 amide bonds. The normalized spacial score (nSPS) is 16.0. The summed E-state index contributed by atoms with van der Waals surface area (Å²) in [6.07, 6.45) is 3.69. The predicted molar refractivity (Wildman–Crippen MR) is 98.2 cm³/mol. The molecule has 1 aromatic carbocycles. The Hall–Kier alpha value is -0.533. The molecule has 0 N–H and O–H groups in total. The average Bonchev–Trinajstić information content (AvgIpc) is 3.10. The fraction of sp³-hybridized carbons (Fsp3) is 0.647. The van der Waals surface area contributed by atoms with E-state index in [1.165, 1.54) is 35.7 Å². The van der Waals surface area contributed by atoms with Crippen LogP contribution in [0.25, 0.3) is 0 Å². The van der Waals surface area contributed by atoms with Gasteiger partial charge in [-0.05, 0) is 42.3 Å². The molecular formula is C17H29O4SSi+. The van der Waals surface area contributed by atoms with E-state index in [0.29, 0.717) is 17.5 Å². The highest BCUT2D eigenvalue weighted by Crippen LogP contribution is 2.21. The van der Waals surface area contributed by atoms with Gasteiger partial charge in [0.05, 0.1) is 6.61 Å². The SMILES string of the molecule is CO[Si](CCCOc1ccc(C[S+]2CCCC2)cc1)(OC)OC. The van der Waals surface area contributed by atoms with Gasteiger partial charge < -0.3 is 18.0 Å². The van der Waals surface area contributed by atoms with E-state index in [2.05, 4.69) is 24.3 Å². The van der Waals surface area contributed by atoms with E-state index < -0.39 is 8.80 Å². The van der Waals surface area contributed by atoms with E-state index in [9.17, 15) is 0 Å². The number of ether oxygens (including phenoxy) is 1. The molecule has 130 valence electrons. The largest absolute Gasteiger partial charge is 0.500 e. The summed E-state index contributed by atoms with van der Waals surface area (Å²) in [7, 11) is 3.08. The zero-order chi connectivity index (χ0) is 16.5. The van der Waals surface area contributed by atoms with Crippen LogP contribution < -0.4 is 4.74 Å². The molecule has 1 fully saturated rings. The summed E-state index contributed by atoms with van der Waals surface area (Å²) in [5.74, 6) is 5.01. The maximum absolute atomic E-state index is 5.82. The lowest BCUT2D eigenvalue weighted by molar-refractivity contribution is 0.121. The van der Waals surface area contributed by atoms with Gasteiger partial charge in [-0.15, -0.1) is 0 Å². The summed E-state index contributed by atoms with van der Waals surface area (Å²) >= 11 is 0. The minimum atomic E-state index is -2.46. The van der Waals surface area contributed by atoms with Crippen LogP contribution in [-0.4, -0.2) is 48.2 Å². The Morgan fingerprint density at radius 1 is 0.957 bits per heavy atom. The Morgan fingerprint density at radius 3 is 2.13 bits per heavy atom. The van der Waals surface area contributed by atoms with Crippen LogP contribution in [0.2, 0.25) is 6.04 Å². The van der Waals surface area contributed by atoms with Crippen molar-refractivity contribution in [2.24, 2.45) is 0 Å². The van der Waals surface area contributed by atoms with Crippen LogP contribution in [-0.2, 0) is 29.9 Å². The van der Waals surface area contributed by atoms with Crippen molar-refractivity contribution in [3.8, 4) is 5.75 Å². The van der Waals surface area contributed by atoms with Crippen molar-refractivity contribution in [2.75, 3.05) is 39.4 Å². The monoisotopic (exact) mass is 357 g/mol. The second-order valence-electron chi connectivity index (χ2n) is 5.76. The topological polar surface area (TPSA) is 36.9 Å². The fourth-order valence-corrected chi connectivity index (χ4v) is 6.88. The molecule has 0 aromatic heterocycles. The third-order valence-corrected chi connectivity index (χ3v) is 9.54. The van der Waals surface area contributed by atoms with E-state index in [1.54, 1.807) is 21.3 Å². The predicted octanol–water partition coefficient (Wildman–Crippen LogP) is 3.25. The van der Waals surface area contributed by atoms with Gasteiger partial charge in [0.25, 0.3) is 0 Å². The van der Waals surface area contributed by atoms with Crippen molar-refractivity contribution in [1.29, 1.82) is 0 Å². The highest BCUT2D eigenvalue weighted by Gasteiger charge is 2.36. The zero-order valence-electron chi connectivity index (χ0n) is 14.5. The molecule has 4 nitrogen and oxygen atoms in total. The molecule has 0 unspecified atom stereocenters. The molecule has 2 rings (SSSR count). The van der Waals surface area contributed by atoms with Crippen LogP contribution in [0.5, 0.6) is 5.75 Å². The molecule has 1 aliphatic heterocycles. The van der Waals surface area contributed by atoms with Gasteiger partial charge in [-0.2, -0.15) is 0 Å². The van der Waals surface area contributed by atoms with Gasteiger partial charge in [0.1, 0.15) is 23.0 Å². The smallest absolute Gasteiger partial charge is 0.494 e. The van der Waals surface area contributed by atoms with Gasteiger partial charge in [-0.25, -0.2) is 0 Å². The second-order valence-corrected chi connectivity index (χ2v) is 11.2. The fourth-order valence-electron chi connectivity index (χ4n) is 2.81. The second kappa shape index (κ2) is 9.69. The molecule has 0 atom stereocenters. The third-order valence-electron chi connectivity index (χ3n) is 4.24. The van der Waals surface area contributed by atoms with E-state index in [0.717, 1.165) is 18.2 Å². The first-order chi connectivity index (χ1) is 11.2. The first-order valence-electron chi connectivity index (χ1n) is 8.22. The Balaban J connectivity index is 1.71. The maximum atomic E-state index is 5.82. The van der Waals surface area contributed by atoms with Crippen molar-refractivity contribution < 1.29 is 18.0 Å². The molecule has 0 bridgehead atoms. The van der Waals surface area contributed by atoms with Crippen molar-refractivity contribution in [1.82, 2.24) is 0 Å². The summed E-state index contributed by atoms with van der Waals surface area (Å²) in [5.41, 5.74) is 1.44. The first kappa shape index (κ1) is 18.8. The molecule has 0 radical (unpaired) electrons. The van der Waals surface area contributed by atoms with Gasteiger partial charge in [0.2, 0.25) is 0 Å². The quantitative estimate of drug-likeness (QED) is 0.366. The number of rotatable bonds is 10. The summed E-state index contributed by atoms with van der Waals surface area (Å²) in [5, 5.41) is 0. The van der Waals surface area contributed by atoms with Crippen molar-refractivity contribution in [2.45, 2.75) is 31.1 Å². The van der Waals surface area contributed by atoms with Crippen LogP contribution in [0.4, 0.5) is 0 Å². The van der Waals surface area contributed by atoms with Crippen LogP contribution in [0, 0.1) is 0 Å². The van der Waals surface area contributed by atoms with Crippen molar-refractivity contribution in [3.05, 3.63) is 29.8 Å². The maximum Gasteiger partial charge on any atom is 0.500 e. The van der Waals surface area contributed by atoms with E-state index in [4.69, 9.17) is 18.0 Å². The molecule has 0 saturated carbocycles. The number of hydrogen-bond acceptors (Lipinski definition) is 4. The molecule has 0 aliphatic carbocycles. The van der Waals surface area contributed by atoms with Gasteiger partial charge in [-0.3, -0.25) is 0 Å². The lowest BCUT2D eigenvalue weighted by Gasteiger charge is -2.24. The van der Waals surface area contributed by atoms with Crippen LogP contribution in [0.15, 0.2) is 24.3 Å². The lowest BCUT2D eigenvalue weighted by atomic mass is 10.2.